The van der Waals surface area contributed by atoms with Gasteiger partial charge < -0.3 is 25.4 Å². The Bertz CT molecular complexity index is 553. The summed E-state index contributed by atoms with van der Waals surface area (Å²) in [5.41, 5.74) is 6.66. The highest BCUT2D eigenvalue weighted by molar-refractivity contribution is 5.51. The Kier molecular flexibility index (Phi) is 20.0. The molecule has 0 unspecified atom stereocenters. The third-order valence-electron chi connectivity index (χ3n) is 6.09. The van der Waals surface area contributed by atoms with Gasteiger partial charge in [0.25, 0.3) is 0 Å². The highest BCUT2D eigenvalue weighted by Crippen LogP contribution is 2.30. The van der Waals surface area contributed by atoms with Gasteiger partial charge in [-0.1, -0.05) is 89.9 Å². The Hall–Kier alpha value is -1.46. The molecule has 0 radical (unpaired) electrons. The van der Waals surface area contributed by atoms with Crippen molar-refractivity contribution in [2.45, 2.75) is 116 Å². The Morgan fingerprint density at radius 2 is 0.848 bits per heavy atom. The van der Waals surface area contributed by atoms with Crippen LogP contribution in [0.5, 0.6) is 11.5 Å². The highest BCUT2D eigenvalue weighted by Gasteiger charge is 2.06. The molecule has 0 amide bonds. The zero-order chi connectivity index (χ0) is 23.8. The summed E-state index contributed by atoms with van der Waals surface area (Å²) in [5.74, 6) is 1.57. The monoisotopic (exact) mass is 465 g/mol. The van der Waals surface area contributed by atoms with Crippen molar-refractivity contribution >= 4 is 5.69 Å². The van der Waals surface area contributed by atoms with Crippen LogP contribution < -0.4 is 15.2 Å². The fourth-order valence-corrected chi connectivity index (χ4v) is 4.02. The van der Waals surface area contributed by atoms with E-state index in [2.05, 4.69) is 0 Å². The molecule has 1 aromatic rings. The van der Waals surface area contributed by atoms with Gasteiger partial charge in [0.15, 0.2) is 11.5 Å². The molecule has 0 atom stereocenters. The molecule has 0 aliphatic rings. The normalized spacial score (nSPS) is 11.1. The molecule has 0 aliphatic carbocycles. The van der Waals surface area contributed by atoms with Crippen LogP contribution in [0, 0.1) is 0 Å². The quantitative estimate of drug-likeness (QED) is 0.113. The van der Waals surface area contributed by atoms with Gasteiger partial charge in [-0.2, -0.15) is 0 Å². The first-order chi connectivity index (χ1) is 16.3. The van der Waals surface area contributed by atoms with E-state index in [1.54, 1.807) is 0 Å². The van der Waals surface area contributed by atoms with Crippen LogP contribution in [0.4, 0.5) is 5.69 Å². The summed E-state index contributed by atoms with van der Waals surface area (Å²) in [4.78, 5) is 0. The molecule has 1 rings (SSSR count). The van der Waals surface area contributed by atoms with E-state index >= 15 is 0 Å². The van der Waals surface area contributed by atoms with E-state index in [1.807, 2.05) is 18.2 Å². The van der Waals surface area contributed by atoms with E-state index in [1.165, 1.54) is 77.0 Å². The number of benzene rings is 1. The van der Waals surface area contributed by atoms with Gasteiger partial charge in [0, 0.05) is 25.0 Å². The van der Waals surface area contributed by atoms with E-state index in [0.717, 1.165) is 56.6 Å². The molecule has 0 heterocycles. The third kappa shape index (κ3) is 17.7. The summed E-state index contributed by atoms with van der Waals surface area (Å²) >= 11 is 0. The summed E-state index contributed by atoms with van der Waals surface area (Å²) in [6.45, 7) is 2.08. The van der Waals surface area contributed by atoms with E-state index in [9.17, 15) is 0 Å². The van der Waals surface area contributed by atoms with Crippen LogP contribution in [0.3, 0.4) is 0 Å². The number of rotatable bonds is 24. The predicted octanol–water partition coefficient (Wildman–Crippen LogP) is 7.03. The summed E-state index contributed by atoms with van der Waals surface area (Å²) in [7, 11) is 0. The van der Waals surface area contributed by atoms with Crippen LogP contribution in [0.1, 0.15) is 116 Å². The highest BCUT2D eigenvalue weighted by atomic mass is 16.5. The number of anilines is 1. The first-order valence-electron chi connectivity index (χ1n) is 13.6. The van der Waals surface area contributed by atoms with Gasteiger partial charge in [0.2, 0.25) is 0 Å². The van der Waals surface area contributed by atoms with Crippen LogP contribution in [-0.2, 0) is 0 Å². The van der Waals surface area contributed by atoms with Gasteiger partial charge in [-0.05, 0) is 37.8 Å². The van der Waals surface area contributed by atoms with Crippen LogP contribution in [-0.4, -0.2) is 36.6 Å². The van der Waals surface area contributed by atoms with Crippen LogP contribution >= 0.6 is 0 Å². The maximum absolute atomic E-state index is 8.79. The molecule has 0 aromatic heterocycles. The average molecular weight is 466 g/mol. The lowest BCUT2D eigenvalue weighted by atomic mass is 10.1. The van der Waals surface area contributed by atoms with Crippen molar-refractivity contribution in [3.8, 4) is 11.5 Å². The summed E-state index contributed by atoms with van der Waals surface area (Å²) in [6, 6.07) is 5.67. The van der Waals surface area contributed by atoms with E-state index in [-0.39, 0.29) is 0 Å². The van der Waals surface area contributed by atoms with Crippen LogP contribution in [0.15, 0.2) is 18.2 Å². The number of hydrogen-bond acceptors (Lipinski definition) is 5. The molecular weight excluding hydrogens is 414 g/mol. The molecule has 0 bridgehead atoms. The largest absolute Gasteiger partial charge is 0.490 e. The average Bonchev–Trinajstić information content (AvgIpc) is 2.82. The Morgan fingerprint density at radius 3 is 1.27 bits per heavy atom. The van der Waals surface area contributed by atoms with Gasteiger partial charge >= 0.3 is 0 Å². The molecule has 0 spiro atoms. The molecule has 0 aliphatic heterocycles. The summed E-state index contributed by atoms with van der Waals surface area (Å²) < 4.78 is 12.0. The molecule has 5 nitrogen and oxygen atoms in total. The molecule has 4 N–H and O–H groups in total. The topological polar surface area (TPSA) is 84.9 Å². The molecule has 1 aromatic carbocycles. The Morgan fingerprint density at radius 1 is 0.485 bits per heavy atom. The predicted molar refractivity (Wildman–Crippen MR) is 139 cm³/mol. The molecule has 33 heavy (non-hydrogen) atoms. The Labute approximate surface area is 203 Å². The standard InChI is InChI=1S/C28H51NO4/c29-26-19-20-27(32-23-17-13-9-5-1-3-7-11-15-21-30)28(25-26)33-24-18-14-10-6-2-4-8-12-16-22-31/h19-20,25,30-31H,1-18,21-24,29H2. The smallest absolute Gasteiger partial charge is 0.163 e. The van der Waals surface area contributed by atoms with Gasteiger partial charge in [0.05, 0.1) is 13.2 Å². The third-order valence-corrected chi connectivity index (χ3v) is 6.09. The Balaban J connectivity index is 2.07. The maximum Gasteiger partial charge on any atom is 0.163 e. The van der Waals surface area contributed by atoms with Crippen molar-refractivity contribution in [3.05, 3.63) is 18.2 Å². The fourth-order valence-electron chi connectivity index (χ4n) is 4.02. The van der Waals surface area contributed by atoms with Crippen molar-refractivity contribution in [3.63, 3.8) is 0 Å². The van der Waals surface area contributed by atoms with E-state index in [4.69, 9.17) is 25.4 Å². The molecule has 0 saturated heterocycles. The summed E-state index contributed by atoms with van der Waals surface area (Å²) in [6.07, 6.45) is 21.5. The van der Waals surface area contributed by atoms with E-state index in [0.29, 0.717) is 25.5 Å². The fraction of sp³-hybridized carbons (Fsp3) is 0.786. The minimum absolute atomic E-state index is 0.327. The SMILES string of the molecule is Nc1ccc(OCCCCCCCCCCCO)c(OCCCCCCCCCCCO)c1. The van der Waals surface area contributed by atoms with Gasteiger partial charge in [-0.25, -0.2) is 0 Å². The number of aliphatic hydroxyl groups excluding tert-OH is 2. The number of nitrogens with two attached hydrogens (primary N) is 1. The minimum atomic E-state index is 0.327. The molecule has 0 fully saturated rings. The summed E-state index contributed by atoms with van der Waals surface area (Å²) in [5, 5.41) is 17.6. The zero-order valence-corrected chi connectivity index (χ0v) is 21.1. The van der Waals surface area contributed by atoms with Crippen molar-refractivity contribution in [2.75, 3.05) is 32.2 Å². The number of unbranched alkanes of at least 4 members (excludes halogenated alkanes) is 16. The lowest BCUT2D eigenvalue weighted by Crippen LogP contribution is -2.03. The van der Waals surface area contributed by atoms with Crippen molar-refractivity contribution < 1.29 is 19.7 Å². The first kappa shape index (κ1) is 29.6. The maximum atomic E-state index is 8.79. The number of aliphatic hydroxyl groups is 2. The van der Waals surface area contributed by atoms with Crippen LogP contribution in [0.2, 0.25) is 0 Å². The zero-order valence-electron chi connectivity index (χ0n) is 21.1. The first-order valence-corrected chi connectivity index (χ1v) is 13.6. The second kappa shape index (κ2) is 22.3. The second-order valence-electron chi connectivity index (χ2n) is 9.21. The number of hydrogen-bond donors (Lipinski definition) is 3. The van der Waals surface area contributed by atoms with Crippen LogP contribution in [0.25, 0.3) is 0 Å². The molecular formula is C28H51NO4. The van der Waals surface area contributed by atoms with Gasteiger partial charge in [0.1, 0.15) is 0 Å². The second-order valence-corrected chi connectivity index (χ2v) is 9.21. The number of nitrogen functional groups attached to an aromatic ring is 1. The minimum Gasteiger partial charge on any atom is -0.490 e. The van der Waals surface area contributed by atoms with Crippen molar-refractivity contribution in [1.82, 2.24) is 0 Å². The lowest BCUT2D eigenvalue weighted by molar-refractivity contribution is 0.258. The van der Waals surface area contributed by atoms with Crippen molar-refractivity contribution in [1.29, 1.82) is 0 Å². The lowest BCUT2D eigenvalue weighted by Gasteiger charge is -2.13. The number of ether oxygens (including phenoxy) is 2. The molecule has 0 saturated carbocycles. The van der Waals surface area contributed by atoms with Gasteiger partial charge in [-0.15, -0.1) is 0 Å². The molecule has 5 heteroatoms. The molecule has 192 valence electrons. The van der Waals surface area contributed by atoms with Crippen molar-refractivity contribution in [2.24, 2.45) is 0 Å². The van der Waals surface area contributed by atoms with Gasteiger partial charge in [-0.3, -0.25) is 0 Å². The van der Waals surface area contributed by atoms with E-state index < -0.39 is 0 Å².